The van der Waals surface area contributed by atoms with E-state index in [4.69, 9.17) is 17.0 Å². The molecule has 1 saturated carbocycles. The fourth-order valence-electron chi connectivity index (χ4n) is 1.46. The van der Waals surface area contributed by atoms with Crippen LogP contribution in [0.3, 0.4) is 0 Å². The minimum absolute atomic E-state index is 0.281. The number of thiocarbonyl (C=S) groups is 1. The van der Waals surface area contributed by atoms with Crippen molar-refractivity contribution >= 4 is 17.3 Å². The van der Waals surface area contributed by atoms with Gasteiger partial charge in [-0.3, -0.25) is 0 Å². The van der Waals surface area contributed by atoms with E-state index in [0.717, 1.165) is 24.7 Å². The Bertz CT molecular complexity index is 210. The largest absolute Gasteiger partial charge is 0.379 e. The Balaban J connectivity index is 1.71. The Morgan fingerprint density at radius 1 is 1.54 bits per heavy atom. The maximum atomic E-state index is 5.25. The predicted molar refractivity (Wildman–Crippen MR) is 55.7 cm³/mol. The minimum atomic E-state index is 0.281. The Hall–Kier alpha value is -0.350. The monoisotopic (exact) mass is 200 g/mol. The van der Waals surface area contributed by atoms with E-state index in [9.17, 15) is 0 Å². The molecule has 1 unspecified atom stereocenters. The van der Waals surface area contributed by atoms with Crippen molar-refractivity contribution < 1.29 is 4.74 Å². The van der Waals surface area contributed by atoms with Crippen LogP contribution in [0.25, 0.3) is 0 Å². The number of ether oxygens (including phenoxy) is 1. The van der Waals surface area contributed by atoms with E-state index < -0.39 is 0 Å². The molecule has 2 rings (SSSR count). The highest BCUT2D eigenvalue weighted by Gasteiger charge is 2.38. The Labute approximate surface area is 84.2 Å². The van der Waals surface area contributed by atoms with Gasteiger partial charge in [-0.1, -0.05) is 0 Å². The fourth-order valence-corrected chi connectivity index (χ4v) is 1.87. The zero-order valence-corrected chi connectivity index (χ0v) is 8.75. The summed E-state index contributed by atoms with van der Waals surface area (Å²) in [6.45, 7) is 3.85. The van der Waals surface area contributed by atoms with Gasteiger partial charge in [-0.15, -0.1) is 0 Å². The Kier molecular flexibility index (Phi) is 2.43. The van der Waals surface area contributed by atoms with Gasteiger partial charge in [0.15, 0.2) is 5.11 Å². The maximum absolute atomic E-state index is 5.25. The highest BCUT2D eigenvalue weighted by Crippen LogP contribution is 2.34. The van der Waals surface area contributed by atoms with Crippen LogP contribution in [0.15, 0.2) is 0 Å². The summed E-state index contributed by atoms with van der Waals surface area (Å²) >= 11 is 5.20. The standard InChI is InChI=1S/C9H16N2OS/c1-9(3-4-9)11-8(13)10-7-2-5-12-6-7/h7H,2-6H2,1H3,(H2,10,11,13). The van der Waals surface area contributed by atoms with Crippen LogP contribution in [0, 0.1) is 0 Å². The second-order valence-corrected chi connectivity index (χ2v) is 4.63. The zero-order valence-electron chi connectivity index (χ0n) is 7.93. The van der Waals surface area contributed by atoms with Crippen molar-refractivity contribution in [3.05, 3.63) is 0 Å². The van der Waals surface area contributed by atoms with E-state index in [2.05, 4.69) is 17.6 Å². The van der Waals surface area contributed by atoms with Crippen LogP contribution in [0.5, 0.6) is 0 Å². The topological polar surface area (TPSA) is 33.3 Å². The van der Waals surface area contributed by atoms with Gasteiger partial charge in [0.25, 0.3) is 0 Å². The first-order chi connectivity index (χ1) is 6.18. The molecule has 13 heavy (non-hydrogen) atoms. The second kappa shape index (κ2) is 3.42. The van der Waals surface area contributed by atoms with E-state index in [1.165, 1.54) is 12.8 Å². The molecule has 2 N–H and O–H groups in total. The molecule has 0 radical (unpaired) electrons. The van der Waals surface area contributed by atoms with Crippen LogP contribution in [0.1, 0.15) is 26.2 Å². The van der Waals surface area contributed by atoms with Gasteiger partial charge in [-0.2, -0.15) is 0 Å². The van der Waals surface area contributed by atoms with Crippen molar-refractivity contribution in [3.8, 4) is 0 Å². The van der Waals surface area contributed by atoms with E-state index in [1.807, 2.05) is 0 Å². The minimum Gasteiger partial charge on any atom is -0.379 e. The third-order valence-electron chi connectivity index (χ3n) is 2.68. The molecule has 3 nitrogen and oxygen atoms in total. The van der Waals surface area contributed by atoms with Crippen molar-refractivity contribution in [1.29, 1.82) is 0 Å². The molecule has 1 aliphatic heterocycles. The van der Waals surface area contributed by atoms with Crippen LogP contribution in [-0.2, 0) is 4.74 Å². The first-order valence-electron chi connectivity index (χ1n) is 4.84. The summed E-state index contributed by atoms with van der Waals surface area (Å²) in [5, 5.41) is 7.38. The van der Waals surface area contributed by atoms with Gasteiger partial charge in [-0.05, 0) is 38.4 Å². The molecule has 2 aliphatic rings. The third-order valence-corrected chi connectivity index (χ3v) is 2.90. The quantitative estimate of drug-likeness (QED) is 0.646. The fraction of sp³-hybridized carbons (Fsp3) is 0.889. The smallest absolute Gasteiger partial charge is 0.167 e. The summed E-state index contributed by atoms with van der Waals surface area (Å²) in [5.74, 6) is 0. The van der Waals surface area contributed by atoms with Crippen molar-refractivity contribution in [2.24, 2.45) is 0 Å². The lowest BCUT2D eigenvalue weighted by Gasteiger charge is -2.18. The molecule has 1 aliphatic carbocycles. The lowest BCUT2D eigenvalue weighted by atomic mass is 10.3. The number of nitrogens with one attached hydrogen (secondary N) is 2. The molecule has 74 valence electrons. The van der Waals surface area contributed by atoms with Crippen molar-refractivity contribution in [3.63, 3.8) is 0 Å². The number of hydrogen-bond acceptors (Lipinski definition) is 2. The van der Waals surface area contributed by atoms with Gasteiger partial charge in [0.2, 0.25) is 0 Å². The summed E-state index contributed by atoms with van der Waals surface area (Å²) in [4.78, 5) is 0. The molecule has 2 fully saturated rings. The first kappa shape index (κ1) is 9.21. The Morgan fingerprint density at radius 3 is 2.85 bits per heavy atom. The number of rotatable bonds is 2. The normalized spacial score (nSPS) is 29.8. The number of hydrogen-bond donors (Lipinski definition) is 2. The van der Waals surface area contributed by atoms with Crippen molar-refractivity contribution in [2.75, 3.05) is 13.2 Å². The molecule has 0 aromatic rings. The van der Waals surface area contributed by atoms with E-state index in [1.54, 1.807) is 0 Å². The highest BCUT2D eigenvalue weighted by atomic mass is 32.1. The van der Waals surface area contributed by atoms with Crippen LogP contribution in [0.4, 0.5) is 0 Å². The van der Waals surface area contributed by atoms with Crippen LogP contribution >= 0.6 is 12.2 Å². The average molecular weight is 200 g/mol. The van der Waals surface area contributed by atoms with Gasteiger partial charge in [0.1, 0.15) is 0 Å². The lowest BCUT2D eigenvalue weighted by molar-refractivity contribution is 0.192. The van der Waals surface area contributed by atoms with Crippen LogP contribution in [0.2, 0.25) is 0 Å². The molecule has 1 saturated heterocycles. The molecular formula is C9H16N2OS. The Morgan fingerprint density at radius 2 is 2.31 bits per heavy atom. The van der Waals surface area contributed by atoms with Crippen LogP contribution in [-0.4, -0.2) is 29.9 Å². The summed E-state index contributed by atoms with van der Waals surface area (Å²) < 4.78 is 5.25. The lowest BCUT2D eigenvalue weighted by Crippen LogP contribution is -2.46. The summed E-state index contributed by atoms with van der Waals surface area (Å²) in [7, 11) is 0. The molecule has 1 atom stereocenters. The molecule has 0 amide bonds. The molecular weight excluding hydrogens is 184 g/mol. The first-order valence-corrected chi connectivity index (χ1v) is 5.25. The van der Waals surface area contributed by atoms with E-state index in [-0.39, 0.29) is 5.54 Å². The van der Waals surface area contributed by atoms with Gasteiger partial charge in [0.05, 0.1) is 12.6 Å². The molecule has 0 spiro atoms. The van der Waals surface area contributed by atoms with Gasteiger partial charge >= 0.3 is 0 Å². The predicted octanol–water partition coefficient (Wildman–Crippen LogP) is 0.792. The summed E-state index contributed by atoms with van der Waals surface area (Å²) in [5.41, 5.74) is 0.281. The highest BCUT2D eigenvalue weighted by molar-refractivity contribution is 7.80. The zero-order chi connectivity index (χ0) is 9.31. The van der Waals surface area contributed by atoms with Gasteiger partial charge < -0.3 is 15.4 Å². The van der Waals surface area contributed by atoms with Crippen LogP contribution < -0.4 is 10.6 Å². The van der Waals surface area contributed by atoms with Gasteiger partial charge in [0, 0.05) is 12.1 Å². The molecule has 0 aromatic heterocycles. The third kappa shape index (κ3) is 2.54. The summed E-state index contributed by atoms with van der Waals surface area (Å²) in [6, 6.07) is 0.419. The molecule has 0 bridgehead atoms. The van der Waals surface area contributed by atoms with E-state index in [0.29, 0.717) is 6.04 Å². The van der Waals surface area contributed by atoms with Crippen molar-refractivity contribution in [1.82, 2.24) is 10.6 Å². The molecule has 4 heteroatoms. The molecule has 0 aromatic carbocycles. The SMILES string of the molecule is CC1(NC(=S)NC2CCOC2)CC1. The molecule has 1 heterocycles. The van der Waals surface area contributed by atoms with Gasteiger partial charge in [-0.25, -0.2) is 0 Å². The van der Waals surface area contributed by atoms with E-state index >= 15 is 0 Å². The average Bonchev–Trinajstić information content (AvgIpc) is 2.61. The maximum Gasteiger partial charge on any atom is 0.167 e. The van der Waals surface area contributed by atoms with Crippen molar-refractivity contribution in [2.45, 2.75) is 37.8 Å². The second-order valence-electron chi connectivity index (χ2n) is 4.22. The summed E-state index contributed by atoms with van der Waals surface area (Å²) in [6.07, 6.45) is 3.53.